The SMILES string of the molecule is Cc1nnc(NCC(C)C)s1. The van der Waals surface area contributed by atoms with Crippen LogP contribution in [0.25, 0.3) is 0 Å². The molecule has 0 atom stereocenters. The molecule has 11 heavy (non-hydrogen) atoms. The van der Waals surface area contributed by atoms with Crippen molar-refractivity contribution in [2.45, 2.75) is 20.8 Å². The molecule has 1 heterocycles. The Morgan fingerprint density at radius 3 is 2.64 bits per heavy atom. The normalized spacial score (nSPS) is 10.5. The monoisotopic (exact) mass is 171 g/mol. The summed E-state index contributed by atoms with van der Waals surface area (Å²) in [5.74, 6) is 0.652. The molecule has 1 aromatic rings. The molecule has 0 fully saturated rings. The first kappa shape index (κ1) is 8.46. The summed E-state index contributed by atoms with van der Waals surface area (Å²) < 4.78 is 0. The van der Waals surface area contributed by atoms with E-state index >= 15 is 0 Å². The average molecular weight is 171 g/mol. The molecule has 0 saturated carbocycles. The third-order valence-corrected chi connectivity index (χ3v) is 1.98. The Hall–Kier alpha value is -0.640. The Balaban J connectivity index is 2.39. The summed E-state index contributed by atoms with van der Waals surface area (Å²) >= 11 is 1.60. The number of nitrogens with one attached hydrogen (secondary N) is 1. The summed E-state index contributed by atoms with van der Waals surface area (Å²) in [6, 6.07) is 0. The molecule has 0 aliphatic carbocycles. The van der Waals surface area contributed by atoms with E-state index in [1.807, 2.05) is 6.92 Å². The van der Waals surface area contributed by atoms with Crippen LogP contribution in [-0.2, 0) is 0 Å². The van der Waals surface area contributed by atoms with Gasteiger partial charge in [-0.15, -0.1) is 10.2 Å². The van der Waals surface area contributed by atoms with Gasteiger partial charge in [0.15, 0.2) is 0 Å². The van der Waals surface area contributed by atoms with E-state index < -0.39 is 0 Å². The van der Waals surface area contributed by atoms with E-state index in [9.17, 15) is 0 Å². The minimum Gasteiger partial charge on any atom is -0.360 e. The highest BCUT2D eigenvalue weighted by molar-refractivity contribution is 7.15. The fraction of sp³-hybridized carbons (Fsp3) is 0.714. The van der Waals surface area contributed by atoms with Gasteiger partial charge >= 0.3 is 0 Å². The van der Waals surface area contributed by atoms with E-state index in [1.165, 1.54) is 0 Å². The van der Waals surface area contributed by atoms with Crippen molar-refractivity contribution in [3.05, 3.63) is 5.01 Å². The Morgan fingerprint density at radius 2 is 2.18 bits per heavy atom. The highest BCUT2D eigenvalue weighted by Gasteiger charge is 1.99. The molecule has 0 aromatic carbocycles. The Bertz CT molecular complexity index is 219. The molecule has 0 saturated heterocycles. The van der Waals surface area contributed by atoms with Crippen LogP contribution < -0.4 is 5.32 Å². The molecule has 0 bridgehead atoms. The van der Waals surface area contributed by atoms with Gasteiger partial charge in [-0.2, -0.15) is 0 Å². The maximum atomic E-state index is 3.95. The van der Waals surface area contributed by atoms with Gasteiger partial charge in [0, 0.05) is 6.54 Å². The minimum atomic E-state index is 0.652. The second-order valence-electron chi connectivity index (χ2n) is 2.90. The van der Waals surface area contributed by atoms with Crippen molar-refractivity contribution in [1.29, 1.82) is 0 Å². The zero-order valence-electron chi connectivity index (χ0n) is 7.09. The van der Waals surface area contributed by atoms with Crippen LogP contribution in [0.4, 0.5) is 5.13 Å². The summed E-state index contributed by atoms with van der Waals surface area (Å²) in [7, 11) is 0. The maximum absolute atomic E-state index is 3.95. The summed E-state index contributed by atoms with van der Waals surface area (Å²) in [4.78, 5) is 0. The van der Waals surface area contributed by atoms with Crippen molar-refractivity contribution >= 4 is 16.5 Å². The Labute approximate surface area is 70.9 Å². The molecule has 0 amide bonds. The zero-order chi connectivity index (χ0) is 8.27. The Morgan fingerprint density at radius 1 is 1.45 bits per heavy atom. The smallest absolute Gasteiger partial charge is 0.205 e. The van der Waals surface area contributed by atoms with Crippen LogP contribution in [0.15, 0.2) is 0 Å². The third kappa shape index (κ3) is 2.84. The molecule has 4 heteroatoms. The molecular weight excluding hydrogens is 158 g/mol. The molecule has 0 aliphatic heterocycles. The molecule has 0 spiro atoms. The van der Waals surface area contributed by atoms with Gasteiger partial charge in [-0.05, 0) is 12.8 Å². The van der Waals surface area contributed by atoms with Crippen LogP contribution in [-0.4, -0.2) is 16.7 Å². The molecule has 0 radical (unpaired) electrons. The fourth-order valence-electron chi connectivity index (χ4n) is 0.659. The molecule has 1 aromatic heterocycles. The van der Waals surface area contributed by atoms with E-state index in [4.69, 9.17) is 0 Å². The van der Waals surface area contributed by atoms with E-state index in [0.717, 1.165) is 16.7 Å². The number of aromatic nitrogens is 2. The molecule has 1 N–H and O–H groups in total. The van der Waals surface area contributed by atoms with E-state index in [-0.39, 0.29) is 0 Å². The van der Waals surface area contributed by atoms with Crippen molar-refractivity contribution in [1.82, 2.24) is 10.2 Å². The number of aryl methyl sites for hydroxylation is 1. The molecule has 62 valence electrons. The lowest BCUT2D eigenvalue weighted by molar-refractivity contribution is 0.687. The lowest BCUT2D eigenvalue weighted by atomic mass is 10.2. The van der Waals surface area contributed by atoms with Gasteiger partial charge in [-0.3, -0.25) is 0 Å². The molecule has 3 nitrogen and oxygen atoms in total. The predicted octanol–water partition coefficient (Wildman–Crippen LogP) is 1.91. The second kappa shape index (κ2) is 3.67. The standard InChI is InChI=1S/C7H13N3S/c1-5(2)4-8-7-10-9-6(3)11-7/h5H,4H2,1-3H3,(H,8,10). The summed E-state index contributed by atoms with van der Waals surface area (Å²) in [6.45, 7) is 7.26. The number of hydrogen-bond donors (Lipinski definition) is 1. The molecule has 0 unspecified atom stereocenters. The highest BCUT2D eigenvalue weighted by atomic mass is 32.1. The topological polar surface area (TPSA) is 37.8 Å². The van der Waals surface area contributed by atoms with Crippen LogP contribution >= 0.6 is 11.3 Å². The third-order valence-electron chi connectivity index (χ3n) is 1.19. The molecular formula is C7H13N3S. The van der Waals surface area contributed by atoms with E-state index in [1.54, 1.807) is 11.3 Å². The van der Waals surface area contributed by atoms with Crippen LogP contribution in [0.5, 0.6) is 0 Å². The minimum absolute atomic E-state index is 0.652. The highest BCUT2D eigenvalue weighted by Crippen LogP contribution is 2.13. The lowest BCUT2D eigenvalue weighted by Gasteiger charge is -2.03. The number of rotatable bonds is 3. The van der Waals surface area contributed by atoms with Gasteiger partial charge in [0.1, 0.15) is 5.01 Å². The second-order valence-corrected chi connectivity index (χ2v) is 4.08. The average Bonchev–Trinajstić information content (AvgIpc) is 2.31. The predicted molar refractivity (Wildman–Crippen MR) is 48.0 cm³/mol. The maximum Gasteiger partial charge on any atom is 0.205 e. The van der Waals surface area contributed by atoms with Gasteiger partial charge in [-0.1, -0.05) is 25.2 Å². The van der Waals surface area contributed by atoms with Crippen molar-refractivity contribution in [2.24, 2.45) is 5.92 Å². The summed E-state index contributed by atoms with van der Waals surface area (Å²) in [5, 5.41) is 13.0. The van der Waals surface area contributed by atoms with Gasteiger partial charge in [-0.25, -0.2) is 0 Å². The van der Waals surface area contributed by atoms with Gasteiger partial charge in [0.25, 0.3) is 0 Å². The van der Waals surface area contributed by atoms with E-state index in [0.29, 0.717) is 5.92 Å². The molecule has 0 aliphatic rings. The number of nitrogens with zero attached hydrogens (tertiary/aromatic N) is 2. The van der Waals surface area contributed by atoms with Crippen LogP contribution in [0.1, 0.15) is 18.9 Å². The zero-order valence-corrected chi connectivity index (χ0v) is 7.90. The van der Waals surface area contributed by atoms with Crippen LogP contribution in [0.3, 0.4) is 0 Å². The first-order valence-corrected chi connectivity index (χ1v) is 4.54. The lowest BCUT2D eigenvalue weighted by Crippen LogP contribution is -2.07. The number of anilines is 1. The van der Waals surface area contributed by atoms with Gasteiger partial charge < -0.3 is 5.32 Å². The van der Waals surface area contributed by atoms with Crippen LogP contribution in [0, 0.1) is 12.8 Å². The Kier molecular flexibility index (Phi) is 2.82. The van der Waals surface area contributed by atoms with Crippen LogP contribution in [0.2, 0.25) is 0 Å². The van der Waals surface area contributed by atoms with Crippen molar-refractivity contribution < 1.29 is 0 Å². The van der Waals surface area contributed by atoms with Crippen molar-refractivity contribution in [2.75, 3.05) is 11.9 Å². The summed E-state index contributed by atoms with van der Waals surface area (Å²) in [5.41, 5.74) is 0. The first-order chi connectivity index (χ1) is 5.18. The van der Waals surface area contributed by atoms with Gasteiger partial charge in [0.05, 0.1) is 0 Å². The van der Waals surface area contributed by atoms with E-state index in [2.05, 4.69) is 29.4 Å². The first-order valence-electron chi connectivity index (χ1n) is 3.72. The van der Waals surface area contributed by atoms with Gasteiger partial charge in [0.2, 0.25) is 5.13 Å². The number of hydrogen-bond acceptors (Lipinski definition) is 4. The quantitative estimate of drug-likeness (QED) is 0.755. The largest absolute Gasteiger partial charge is 0.360 e. The van der Waals surface area contributed by atoms with Crippen molar-refractivity contribution in [3.8, 4) is 0 Å². The molecule has 1 rings (SSSR count). The van der Waals surface area contributed by atoms with Crippen molar-refractivity contribution in [3.63, 3.8) is 0 Å². The summed E-state index contributed by atoms with van der Waals surface area (Å²) in [6.07, 6.45) is 0. The fourth-order valence-corrected chi connectivity index (χ4v) is 1.26.